The molecule has 0 aromatic heterocycles. The molecule has 4 amide bonds. The number of carbonyl (C=O) groups is 5. The third-order valence-corrected chi connectivity index (χ3v) is 5.41. The second kappa shape index (κ2) is 14.8. The van der Waals surface area contributed by atoms with Crippen LogP contribution in [0.5, 0.6) is 5.75 Å². The number of nitrogens with two attached hydrogens (primary N) is 1. The topological polar surface area (TPSA) is 177 Å². The highest BCUT2D eigenvalue weighted by Gasteiger charge is 2.40. The molecule has 0 heterocycles. The van der Waals surface area contributed by atoms with E-state index in [-0.39, 0.29) is 30.9 Å². The summed E-state index contributed by atoms with van der Waals surface area (Å²) in [5.74, 6) is -3.07. The van der Waals surface area contributed by atoms with Crippen LogP contribution in [0.2, 0.25) is 0 Å². The number of rotatable bonds is 13. The van der Waals surface area contributed by atoms with Gasteiger partial charge in [0, 0.05) is 18.2 Å². The predicted octanol–water partition coefficient (Wildman–Crippen LogP) is 1.90. The van der Waals surface area contributed by atoms with Crippen LogP contribution in [0.15, 0.2) is 24.3 Å². The van der Waals surface area contributed by atoms with Gasteiger partial charge < -0.3 is 35.8 Å². The van der Waals surface area contributed by atoms with Crippen LogP contribution in [0.25, 0.3) is 0 Å². The van der Waals surface area contributed by atoms with Gasteiger partial charge in [-0.1, -0.05) is 25.1 Å². The van der Waals surface area contributed by atoms with Gasteiger partial charge in [-0.15, -0.1) is 0 Å². The van der Waals surface area contributed by atoms with Gasteiger partial charge in [0.15, 0.2) is 0 Å². The van der Waals surface area contributed by atoms with Gasteiger partial charge in [-0.2, -0.15) is 0 Å². The molecule has 1 rings (SSSR count). The van der Waals surface area contributed by atoms with E-state index in [4.69, 9.17) is 15.2 Å². The molecule has 0 fully saturated rings. The van der Waals surface area contributed by atoms with E-state index < -0.39 is 59.9 Å². The fourth-order valence-electron chi connectivity index (χ4n) is 3.58. The molecule has 0 aliphatic rings. The molecule has 0 saturated heterocycles. The summed E-state index contributed by atoms with van der Waals surface area (Å²) < 4.78 is 10.1. The number of phenols is 1. The Morgan fingerprint density at radius 1 is 1.11 bits per heavy atom. The summed E-state index contributed by atoms with van der Waals surface area (Å²) in [6.07, 6.45) is -1.21. The van der Waals surface area contributed by atoms with Crippen LogP contribution in [-0.4, -0.2) is 70.6 Å². The largest absolute Gasteiger partial charge is 0.508 e. The predicted molar refractivity (Wildman–Crippen MR) is 139 cm³/mol. The average Bonchev–Trinajstić information content (AvgIpc) is 2.80. The number of primary amides is 1. The molecule has 3 unspecified atom stereocenters. The van der Waals surface area contributed by atoms with Gasteiger partial charge in [0.25, 0.3) is 0 Å². The lowest BCUT2D eigenvalue weighted by Gasteiger charge is -2.38. The molecule has 38 heavy (non-hydrogen) atoms. The summed E-state index contributed by atoms with van der Waals surface area (Å²) in [5, 5.41) is 15.6. The van der Waals surface area contributed by atoms with Gasteiger partial charge >= 0.3 is 12.1 Å². The van der Waals surface area contributed by atoms with E-state index in [1.807, 2.05) is 0 Å². The highest BCUT2D eigenvalue weighted by Crippen LogP contribution is 2.32. The van der Waals surface area contributed by atoms with Crippen molar-refractivity contribution >= 4 is 29.8 Å². The quantitative estimate of drug-likeness (QED) is 0.276. The van der Waals surface area contributed by atoms with Crippen molar-refractivity contribution in [1.82, 2.24) is 15.5 Å². The summed E-state index contributed by atoms with van der Waals surface area (Å²) >= 11 is 0. The molecule has 12 heteroatoms. The maximum atomic E-state index is 13.9. The van der Waals surface area contributed by atoms with Gasteiger partial charge in [0.2, 0.25) is 17.7 Å². The second-order valence-electron chi connectivity index (χ2n) is 9.68. The van der Waals surface area contributed by atoms with Crippen molar-refractivity contribution < 1.29 is 38.6 Å². The lowest BCUT2D eigenvalue weighted by atomic mass is 9.98. The van der Waals surface area contributed by atoms with Gasteiger partial charge in [0.1, 0.15) is 23.4 Å². The number of hydrogen-bond acceptors (Lipinski definition) is 8. The number of alkyl carbamates (subject to hydrolysis) is 1. The van der Waals surface area contributed by atoms with E-state index in [9.17, 15) is 29.1 Å². The summed E-state index contributed by atoms with van der Waals surface area (Å²) in [5.41, 5.74) is 4.61. The maximum Gasteiger partial charge on any atom is 0.408 e. The number of para-hydroxylation sites is 1. The molecular formula is C26H40N4O8. The van der Waals surface area contributed by atoms with Crippen LogP contribution in [0.1, 0.15) is 72.4 Å². The first-order valence-electron chi connectivity index (χ1n) is 12.5. The molecule has 0 spiro atoms. The molecule has 1 aromatic carbocycles. The van der Waals surface area contributed by atoms with Crippen LogP contribution in [0.4, 0.5) is 4.79 Å². The third kappa shape index (κ3) is 10.3. The van der Waals surface area contributed by atoms with Gasteiger partial charge in [0.05, 0.1) is 19.4 Å². The molecular weight excluding hydrogens is 496 g/mol. The molecule has 1 aromatic rings. The number of amides is 4. The Labute approximate surface area is 223 Å². The number of carbonyl (C=O) groups excluding carboxylic acids is 5. The normalized spacial score (nSPS) is 13.4. The number of phenolic OH excluding ortho intramolecular Hbond substituents is 1. The van der Waals surface area contributed by atoms with E-state index in [0.29, 0.717) is 6.42 Å². The zero-order valence-electron chi connectivity index (χ0n) is 22.9. The fourth-order valence-corrected chi connectivity index (χ4v) is 3.58. The van der Waals surface area contributed by atoms with Crippen molar-refractivity contribution in [3.8, 4) is 5.75 Å². The number of benzene rings is 1. The Bertz CT molecular complexity index is 992. The fraction of sp³-hybridized carbons (Fsp3) is 0.577. The number of esters is 1. The summed E-state index contributed by atoms with van der Waals surface area (Å²) in [7, 11) is 0. The van der Waals surface area contributed by atoms with Crippen molar-refractivity contribution in [1.29, 1.82) is 0 Å². The SMILES string of the molecule is CCOC(=O)CCNC(=O)C(c1ccccc1O)N(C(=O)C(CC(N)=O)NC(=O)OC(C)(C)C)C(C)CC. The summed E-state index contributed by atoms with van der Waals surface area (Å²) in [4.78, 5) is 64.6. The Balaban J connectivity index is 3.47. The minimum absolute atomic E-state index is 0.0782. The maximum absolute atomic E-state index is 13.9. The monoisotopic (exact) mass is 536 g/mol. The van der Waals surface area contributed by atoms with Gasteiger partial charge in [-0.3, -0.25) is 19.2 Å². The van der Waals surface area contributed by atoms with Crippen molar-refractivity contribution in [2.45, 2.75) is 84.5 Å². The van der Waals surface area contributed by atoms with Crippen molar-refractivity contribution in [2.24, 2.45) is 5.73 Å². The molecule has 0 aliphatic carbocycles. The van der Waals surface area contributed by atoms with E-state index in [2.05, 4.69) is 10.6 Å². The molecule has 5 N–H and O–H groups in total. The van der Waals surface area contributed by atoms with Crippen molar-refractivity contribution in [3.05, 3.63) is 29.8 Å². The number of nitrogens with one attached hydrogen (secondary N) is 2. The van der Waals surface area contributed by atoms with E-state index in [0.717, 1.165) is 0 Å². The van der Waals surface area contributed by atoms with Crippen LogP contribution < -0.4 is 16.4 Å². The molecule has 0 saturated carbocycles. The molecule has 3 atom stereocenters. The molecule has 0 aliphatic heterocycles. The average molecular weight is 537 g/mol. The van der Waals surface area contributed by atoms with Crippen LogP contribution in [0, 0.1) is 0 Å². The zero-order chi connectivity index (χ0) is 29.0. The number of ether oxygens (including phenoxy) is 2. The highest BCUT2D eigenvalue weighted by atomic mass is 16.6. The third-order valence-electron chi connectivity index (χ3n) is 5.41. The van der Waals surface area contributed by atoms with E-state index in [1.165, 1.54) is 17.0 Å². The zero-order valence-corrected chi connectivity index (χ0v) is 22.9. The number of hydrogen-bond donors (Lipinski definition) is 4. The standard InChI is InChI=1S/C26H40N4O8/c1-7-16(3)30(24(35)18(15-20(27)32)29-25(36)38-26(4,5)6)22(17-11-9-10-12-19(17)31)23(34)28-14-13-21(33)37-8-2/h9-12,16,18,22,31H,7-8,13-15H2,1-6H3,(H2,27,32)(H,28,34)(H,29,36). The Morgan fingerprint density at radius 2 is 1.74 bits per heavy atom. The van der Waals surface area contributed by atoms with Crippen LogP contribution >= 0.6 is 0 Å². The minimum Gasteiger partial charge on any atom is -0.508 e. The molecule has 0 bridgehead atoms. The number of nitrogens with zero attached hydrogens (tertiary/aromatic N) is 1. The van der Waals surface area contributed by atoms with Crippen LogP contribution in [-0.2, 0) is 28.7 Å². The Hall–Kier alpha value is -3.83. The molecule has 12 nitrogen and oxygen atoms in total. The lowest BCUT2D eigenvalue weighted by molar-refractivity contribution is -0.146. The first-order chi connectivity index (χ1) is 17.7. The Morgan fingerprint density at radius 3 is 2.26 bits per heavy atom. The smallest absolute Gasteiger partial charge is 0.408 e. The Kier molecular flexibility index (Phi) is 12.5. The van der Waals surface area contributed by atoms with Gasteiger partial charge in [-0.05, 0) is 47.1 Å². The summed E-state index contributed by atoms with van der Waals surface area (Å²) in [6.45, 7) is 10.2. The number of aromatic hydroxyl groups is 1. The first-order valence-corrected chi connectivity index (χ1v) is 12.5. The van der Waals surface area contributed by atoms with E-state index in [1.54, 1.807) is 53.7 Å². The van der Waals surface area contributed by atoms with Gasteiger partial charge in [-0.25, -0.2) is 4.79 Å². The second-order valence-corrected chi connectivity index (χ2v) is 9.68. The van der Waals surface area contributed by atoms with E-state index >= 15 is 0 Å². The first kappa shape index (κ1) is 32.2. The lowest BCUT2D eigenvalue weighted by Crippen LogP contribution is -2.56. The molecule has 212 valence electrons. The van der Waals surface area contributed by atoms with Crippen LogP contribution in [0.3, 0.4) is 0 Å². The van der Waals surface area contributed by atoms with Crippen molar-refractivity contribution in [3.63, 3.8) is 0 Å². The van der Waals surface area contributed by atoms with Crippen molar-refractivity contribution in [2.75, 3.05) is 13.2 Å². The summed E-state index contributed by atoms with van der Waals surface area (Å²) in [6, 6.07) is 2.61. The highest BCUT2D eigenvalue weighted by molar-refractivity contribution is 5.95. The molecule has 0 radical (unpaired) electrons. The minimum atomic E-state index is -1.45.